The van der Waals surface area contributed by atoms with E-state index < -0.39 is 27.9 Å². The van der Waals surface area contributed by atoms with E-state index in [2.05, 4.69) is 15.3 Å². The second-order valence-corrected chi connectivity index (χ2v) is 7.64. The van der Waals surface area contributed by atoms with E-state index in [9.17, 15) is 21.6 Å². The molecule has 1 heterocycles. The van der Waals surface area contributed by atoms with Gasteiger partial charge >= 0.3 is 6.18 Å². The van der Waals surface area contributed by atoms with Crippen LogP contribution in [0.15, 0.2) is 41.4 Å². The van der Waals surface area contributed by atoms with Crippen molar-refractivity contribution in [3.63, 3.8) is 0 Å². The third-order valence-corrected chi connectivity index (χ3v) is 5.24. The molecule has 1 aromatic carbocycles. The Morgan fingerprint density at radius 2 is 1.88 bits per heavy atom. The summed E-state index contributed by atoms with van der Waals surface area (Å²) in [4.78, 5) is 7.30. The van der Waals surface area contributed by atoms with Crippen LogP contribution in [-0.2, 0) is 16.2 Å². The van der Waals surface area contributed by atoms with E-state index in [-0.39, 0.29) is 10.8 Å². The highest BCUT2D eigenvalue weighted by molar-refractivity contribution is 7.89. The van der Waals surface area contributed by atoms with Crippen LogP contribution in [0.5, 0.6) is 0 Å². The van der Waals surface area contributed by atoms with Crippen LogP contribution >= 0.6 is 0 Å². The SMILES string of the molecule is CC(Nc1nccc(C(F)(F)F)n1)c1cccc(S(=O)(=O)N(C)C)c1. The van der Waals surface area contributed by atoms with Crippen molar-refractivity contribution in [3.05, 3.63) is 47.8 Å². The Balaban J connectivity index is 2.27. The summed E-state index contributed by atoms with van der Waals surface area (Å²) in [5.74, 6) is -0.191. The Morgan fingerprint density at radius 3 is 2.48 bits per heavy atom. The normalized spacial score (nSPS) is 13.7. The summed E-state index contributed by atoms with van der Waals surface area (Å²) >= 11 is 0. The highest BCUT2D eigenvalue weighted by atomic mass is 32.2. The number of sulfonamides is 1. The first kappa shape index (κ1) is 19.1. The van der Waals surface area contributed by atoms with E-state index in [0.29, 0.717) is 5.56 Å². The molecule has 0 radical (unpaired) electrons. The summed E-state index contributed by atoms with van der Waals surface area (Å²) in [6.45, 7) is 1.67. The lowest BCUT2D eigenvalue weighted by molar-refractivity contribution is -0.141. The fourth-order valence-electron chi connectivity index (χ4n) is 2.02. The Morgan fingerprint density at radius 1 is 1.20 bits per heavy atom. The summed E-state index contributed by atoms with van der Waals surface area (Å²) in [6.07, 6.45) is -3.56. The minimum atomic E-state index is -4.57. The van der Waals surface area contributed by atoms with Crippen molar-refractivity contribution < 1.29 is 21.6 Å². The van der Waals surface area contributed by atoms with Crippen LogP contribution in [0.2, 0.25) is 0 Å². The lowest BCUT2D eigenvalue weighted by Gasteiger charge is -2.17. The van der Waals surface area contributed by atoms with Crippen LogP contribution in [0.4, 0.5) is 19.1 Å². The van der Waals surface area contributed by atoms with E-state index in [4.69, 9.17) is 0 Å². The van der Waals surface area contributed by atoms with Crippen LogP contribution in [0.1, 0.15) is 24.2 Å². The molecule has 0 amide bonds. The lowest BCUT2D eigenvalue weighted by atomic mass is 10.1. The average Bonchev–Trinajstić information content (AvgIpc) is 2.54. The zero-order valence-electron chi connectivity index (χ0n) is 13.7. The molecule has 2 rings (SSSR count). The first-order chi connectivity index (χ1) is 11.5. The fraction of sp³-hybridized carbons (Fsp3) is 0.333. The quantitative estimate of drug-likeness (QED) is 0.871. The summed E-state index contributed by atoms with van der Waals surface area (Å²) in [7, 11) is -0.773. The molecule has 0 spiro atoms. The van der Waals surface area contributed by atoms with Gasteiger partial charge in [0.25, 0.3) is 0 Å². The van der Waals surface area contributed by atoms with Gasteiger partial charge in [-0.05, 0) is 30.7 Å². The highest BCUT2D eigenvalue weighted by Crippen LogP contribution is 2.28. The number of alkyl halides is 3. The molecule has 1 aromatic heterocycles. The maximum atomic E-state index is 12.7. The average molecular weight is 374 g/mol. The minimum absolute atomic E-state index is 0.0913. The molecule has 10 heteroatoms. The van der Waals surface area contributed by atoms with Crippen LogP contribution in [0.25, 0.3) is 0 Å². The van der Waals surface area contributed by atoms with Crippen LogP contribution in [-0.4, -0.2) is 36.8 Å². The smallest absolute Gasteiger partial charge is 0.348 e. The number of anilines is 1. The molecule has 25 heavy (non-hydrogen) atoms. The Bertz CT molecular complexity index is 854. The van der Waals surface area contributed by atoms with Gasteiger partial charge in [-0.15, -0.1) is 0 Å². The largest absolute Gasteiger partial charge is 0.433 e. The molecular formula is C15H17F3N4O2S. The molecule has 0 aliphatic carbocycles. The summed E-state index contributed by atoms with van der Waals surface area (Å²) in [5, 5.41) is 2.75. The van der Waals surface area contributed by atoms with E-state index in [1.807, 2.05) is 0 Å². The Hall–Kier alpha value is -2.20. The second kappa shape index (κ2) is 6.96. The number of benzene rings is 1. The second-order valence-electron chi connectivity index (χ2n) is 5.49. The number of nitrogens with zero attached hydrogens (tertiary/aromatic N) is 3. The highest BCUT2D eigenvalue weighted by Gasteiger charge is 2.32. The maximum absolute atomic E-state index is 12.7. The Kier molecular flexibility index (Phi) is 5.33. The first-order valence-electron chi connectivity index (χ1n) is 7.21. The molecule has 0 aliphatic heterocycles. The number of nitrogens with one attached hydrogen (secondary N) is 1. The first-order valence-corrected chi connectivity index (χ1v) is 8.65. The van der Waals surface area contributed by atoms with Crippen LogP contribution < -0.4 is 5.32 Å². The number of hydrogen-bond donors (Lipinski definition) is 1. The molecule has 1 N–H and O–H groups in total. The molecule has 0 bridgehead atoms. The van der Waals surface area contributed by atoms with Crippen molar-refractivity contribution >= 4 is 16.0 Å². The third kappa shape index (κ3) is 4.45. The fourth-order valence-corrected chi connectivity index (χ4v) is 2.98. The monoisotopic (exact) mass is 374 g/mol. The molecule has 6 nitrogen and oxygen atoms in total. The summed E-state index contributed by atoms with van der Waals surface area (Å²) in [5.41, 5.74) is -0.481. The van der Waals surface area contributed by atoms with Gasteiger partial charge < -0.3 is 5.32 Å². The number of halogens is 3. The van der Waals surface area contributed by atoms with Gasteiger partial charge in [0.2, 0.25) is 16.0 Å². The number of aromatic nitrogens is 2. The molecule has 136 valence electrons. The van der Waals surface area contributed by atoms with Crippen molar-refractivity contribution in [1.82, 2.24) is 14.3 Å². The molecule has 0 saturated heterocycles. The van der Waals surface area contributed by atoms with Crippen molar-refractivity contribution in [2.24, 2.45) is 0 Å². The molecule has 0 aliphatic rings. The summed E-state index contributed by atoms with van der Waals surface area (Å²) < 4.78 is 63.5. The van der Waals surface area contributed by atoms with E-state index in [0.717, 1.165) is 16.6 Å². The van der Waals surface area contributed by atoms with Gasteiger partial charge in [0, 0.05) is 20.3 Å². The zero-order chi connectivity index (χ0) is 18.8. The molecule has 0 fully saturated rings. The van der Waals surface area contributed by atoms with Crippen molar-refractivity contribution in [2.75, 3.05) is 19.4 Å². The van der Waals surface area contributed by atoms with Crippen molar-refractivity contribution in [2.45, 2.75) is 24.0 Å². The molecule has 2 aromatic rings. The molecular weight excluding hydrogens is 357 g/mol. The lowest BCUT2D eigenvalue weighted by Crippen LogP contribution is -2.22. The van der Waals surface area contributed by atoms with E-state index in [1.165, 1.54) is 26.2 Å². The third-order valence-electron chi connectivity index (χ3n) is 3.43. The van der Waals surface area contributed by atoms with E-state index in [1.54, 1.807) is 19.1 Å². The summed E-state index contributed by atoms with van der Waals surface area (Å²) in [6, 6.07) is 6.42. The van der Waals surface area contributed by atoms with Crippen molar-refractivity contribution in [3.8, 4) is 0 Å². The predicted molar refractivity (Wildman–Crippen MR) is 86.4 cm³/mol. The topological polar surface area (TPSA) is 75.2 Å². The van der Waals surface area contributed by atoms with Gasteiger partial charge in [-0.3, -0.25) is 0 Å². The Labute approximate surface area is 143 Å². The van der Waals surface area contributed by atoms with Gasteiger partial charge in [0.1, 0.15) is 5.69 Å². The standard InChI is InChI=1S/C15H17F3N4O2S/c1-10(20-14-19-8-7-13(21-14)15(16,17)18)11-5-4-6-12(9-11)25(23,24)22(2)3/h4-10H,1-3H3,(H,19,20,21). The maximum Gasteiger partial charge on any atom is 0.433 e. The van der Waals surface area contributed by atoms with Gasteiger partial charge in [-0.1, -0.05) is 12.1 Å². The van der Waals surface area contributed by atoms with Crippen LogP contribution in [0.3, 0.4) is 0 Å². The molecule has 1 atom stereocenters. The predicted octanol–water partition coefficient (Wildman–Crippen LogP) is 2.92. The number of rotatable bonds is 5. The van der Waals surface area contributed by atoms with Gasteiger partial charge in [0.15, 0.2) is 0 Å². The van der Waals surface area contributed by atoms with Gasteiger partial charge in [-0.2, -0.15) is 13.2 Å². The van der Waals surface area contributed by atoms with Gasteiger partial charge in [0.05, 0.1) is 10.9 Å². The number of hydrogen-bond acceptors (Lipinski definition) is 5. The minimum Gasteiger partial charge on any atom is -0.348 e. The van der Waals surface area contributed by atoms with Crippen molar-refractivity contribution in [1.29, 1.82) is 0 Å². The zero-order valence-corrected chi connectivity index (χ0v) is 14.6. The van der Waals surface area contributed by atoms with Crippen LogP contribution in [0, 0.1) is 0 Å². The van der Waals surface area contributed by atoms with Gasteiger partial charge in [-0.25, -0.2) is 22.7 Å². The molecule has 1 unspecified atom stereocenters. The van der Waals surface area contributed by atoms with E-state index >= 15 is 0 Å². The molecule has 0 saturated carbocycles.